The predicted octanol–water partition coefficient (Wildman–Crippen LogP) is -0.0932. The van der Waals surface area contributed by atoms with Crippen LogP contribution < -0.4 is 10.2 Å². The number of aldehydes is 1. The number of thiazole rings is 1. The van der Waals surface area contributed by atoms with E-state index >= 15 is 0 Å². The highest BCUT2D eigenvalue weighted by Gasteiger charge is 2.25. The van der Waals surface area contributed by atoms with Crippen molar-refractivity contribution in [1.82, 2.24) is 10.3 Å². The number of anilines is 1. The highest BCUT2D eigenvalue weighted by Crippen LogP contribution is 2.26. The van der Waals surface area contributed by atoms with Crippen LogP contribution in [0.4, 0.5) is 5.00 Å². The Morgan fingerprint density at radius 2 is 2.59 bits per heavy atom. The monoisotopic (exact) mass is 255 g/mol. The molecule has 0 aliphatic carbocycles. The van der Waals surface area contributed by atoms with E-state index < -0.39 is 5.97 Å². The average molecular weight is 255 g/mol. The Bertz CT molecular complexity index is 421. The number of hydrogen-bond donors (Lipinski definition) is 1. The van der Waals surface area contributed by atoms with Crippen LogP contribution in [0.15, 0.2) is 5.51 Å². The van der Waals surface area contributed by atoms with E-state index in [1.54, 1.807) is 5.51 Å². The quantitative estimate of drug-likeness (QED) is 0.601. The molecular formula is C10H13N3O3S. The average Bonchev–Trinajstić information content (AvgIpc) is 2.87. The van der Waals surface area contributed by atoms with Crippen molar-refractivity contribution in [2.45, 2.75) is 6.04 Å². The van der Waals surface area contributed by atoms with Gasteiger partial charge in [-0.1, -0.05) is 0 Å². The second kappa shape index (κ2) is 5.24. The smallest absolute Gasteiger partial charge is 0.359 e. The zero-order chi connectivity index (χ0) is 12.3. The van der Waals surface area contributed by atoms with Crippen LogP contribution in [0.2, 0.25) is 0 Å². The molecule has 0 amide bonds. The van der Waals surface area contributed by atoms with Gasteiger partial charge in [0.25, 0.3) is 0 Å². The molecule has 0 bridgehead atoms. The molecule has 1 fully saturated rings. The molecule has 17 heavy (non-hydrogen) atoms. The number of hydrogen-bond acceptors (Lipinski definition) is 7. The molecule has 0 spiro atoms. The minimum Gasteiger partial charge on any atom is -0.464 e. The molecule has 7 heteroatoms. The maximum atomic E-state index is 11.5. The minimum atomic E-state index is -0.442. The normalized spacial score (nSPS) is 20.1. The Hall–Kier alpha value is -1.47. The zero-order valence-electron chi connectivity index (χ0n) is 9.38. The summed E-state index contributed by atoms with van der Waals surface area (Å²) in [7, 11) is 1.33. The molecule has 1 atom stereocenters. The van der Waals surface area contributed by atoms with Gasteiger partial charge in [0.05, 0.1) is 18.7 Å². The van der Waals surface area contributed by atoms with Gasteiger partial charge in [-0.3, -0.25) is 0 Å². The van der Waals surface area contributed by atoms with Crippen LogP contribution in [0, 0.1) is 0 Å². The fourth-order valence-corrected chi connectivity index (χ4v) is 2.58. The molecule has 92 valence electrons. The standard InChI is InChI=1S/C10H13N3O3S/c1-16-10(15)8-9(17-6-12-8)13-3-2-11-7(4-13)5-14/h5-7,11H,2-4H2,1H3/t7-/m0/s1. The number of esters is 1. The van der Waals surface area contributed by atoms with Crippen molar-refractivity contribution in [3.05, 3.63) is 11.2 Å². The van der Waals surface area contributed by atoms with Crippen LogP contribution in [0.3, 0.4) is 0 Å². The Kier molecular flexibility index (Phi) is 3.70. The molecule has 6 nitrogen and oxygen atoms in total. The highest BCUT2D eigenvalue weighted by molar-refractivity contribution is 7.14. The van der Waals surface area contributed by atoms with E-state index in [0.29, 0.717) is 18.8 Å². The predicted molar refractivity (Wildman–Crippen MR) is 63.5 cm³/mol. The summed E-state index contributed by atoms with van der Waals surface area (Å²) in [5.41, 5.74) is 1.93. The lowest BCUT2D eigenvalue weighted by molar-refractivity contribution is -0.109. The van der Waals surface area contributed by atoms with Crippen LogP contribution in [0.5, 0.6) is 0 Å². The molecule has 0 unspecified atom stereocenters. The number of piperazine rings is 1. The molecule has 2 rings (SSSR count). The molecule has 0 radical (unpaired) electrons. The van der Waals surface area contributed by atoms with Crippen molar-refractivity contribution in [3.8, 4) is 0 Å². The van der Waals surface area contributed by atoms with E-state index in [0.717, 1.165) is 17.8 Å². The number of rotatable bonds is 3. The van der Waals surface area contributed by atoms with Crippen molar-refractivity contribution in [1.29, 1.82) is 0 Å². The van der Waals surface area contributed by atoms with Gasteiger partial charge in [-0.2, -0.15) is 0 Å². The first kappa shape index (κ1) is 12.0. The fraction of sp³-hybridized carbons (Fsp3) is 0.500. The molecule has 0 saturated carbocycles. The summed E-state index contributed by atoms with van der Waals surface area (Å²) in [5.74, 6) is -0.442. The Morgan fingerprint density at radius 1 is 1.76 bits per heavy atom. The van der Waals surface area contributed by atoms with Crippen molar-refractivity contribution in [3.63, 3.8) is 0 Å². The maximum Gasteiger partial charge on any atom is 0.359 e. The minimum absolute atomic E-state index is 0.198. The van der Waals surface area contributed by atoms with Crippen LogP contribution in [0.25, 0.3) is 0 Å². The van der Waals surface area contributed by atoms with E-state index in [9.17, 15) is 9.59 Å². The van der Waals surface area contributed by atoms with Gasteiger partial charge in [0.2, 0.25) is 0 Å². The lowest BCUT2D eigenvalue weighted by atomic mass is 10.2. The van der Waals surface area contributed by atoms with Gasteiger partial charge < -0.3 is 19.7 Å². The first-order valence-electron chi connectivity index (χ1n) is 5.21. The van der Waals surface area contributed by atoms with Gasteiger partial charge >= 0.3 is 5.97 Å². The third kappa shape index (κ3) is 2.45. The second-order valence-electron chi connectivity index (χ2n) is 3.64. The van der Waals surface area contributed by atoms with Crippen LogP contribution in [0.1, 0.15) is 10.5 Å². The number of carbonyl (C=O) groups excluding carboxylic acids is 2. The lowest BCUT2D eigenvalue weighted by Crippen LogP contribution is -2.51. The number of aromatic nitrogens is 1. The van der Waals surface area contributed by atoms with Crippen molar-refractivity contribution < 1.29 is 14.3 Å². The summed E-state index contributed by atoms with van der Waals surface area (Å²) < 4.78 is 4.67. The van der Waals surface area contributed by atoms with Gasteiger partial charge in [-0.05, 0) is 0 Å². The SMILES string of the molecule is COC(=O)c1ncsc1N1CCN[C@H](C=O)C1. The molecule has 1 N–H and O–H groups in total. The van der Waals surface area contributed by atoms with Crippen LogP contribution in [-0.2, 0) is 9.53 Å². The lowest BCUT2D eigenvalue weighted by Gasteiger charge is -2.31. The number of nitrogens with zero attached hydrogens (tertiary/aromatic N) is 2. The second-order valence-corrected chi connectivity index (χ2v) is 4.47. The number of nitrogens with one attached hydrogen (secondary N) is 1. The zero-order valence-corrected chi connectivity index (χ0v) is 10.2. The summed E-state index contributed by atoms with van der Waals surface area (Å²) >= 11 is 1.38. The number of methoxy groups -OCH3 is 1. The Balaban J connectivity index is 2.19. The maximum absolute atomic E-state index is 11.5. The summed E-state index contributed by atoms with van der Waals surface area (Å²) in [4.78, 5) is 28.2. The summed E-state index contributed by atoms with van der Waals surface area (Å²) in [6, 6.07) is -0.198. The van der Waals surface area contributed by atoms with E-state index in [2.05, 4.69) is 15.0 Å². The highest BCUT2D eigenvalue weighted by atomic mass is 32.1. The topological polar surface area (TPSA) is 71.5 Å². The molecular weight excluding hydrogens is 242 g/mol. The molecule has 1 aromatic heterocycles. The Labute approximate surface area is 103 Å². The summed E-state index contributed by atoms with van der Waals surface area (Å²) in [6.07, 6.45) is 0.880. The largest absolute Gasteiger partial charge is 0.464 e. The molecule has 2 heterocycles. The van der Waals surface area contributed by atoms with Gasteiger partial charge in [-0.25, -0.2) is 9.78 Å². The van der Waals surface area contributed by atoms with Crippen LogP contribution >= 0.6 is 11.3 Å². The third-order valence-electron chi connectivity index (χ3n) is 2.58. The Morgan fingerprint density at radius 3 is 3.29 bits per heavy atom. The number of ether oxygens (including phenoxy) is 1. The van der Waals surface area contributed by atoms with Gasteiger partial charge in [0.15, 0.2) is 5.69 Å². The summed E-state index contributed by atoms with van der Waals surface area (Å²) in [6.45, 7) is 2.01. The molecule has 1 aliphatic rings. The molecule has 0 aromatic carbocycles. The van der Waals surface area contributed by atoms with Crippen molar-refractivity contribution in [2.75, 3.05) is 31.6 Å². The van der Waals surface area contributed by atoms with Gasteiger partial charge in [0.1, 0.15) is 11.3 Å². The third-order valence-corrected chi connectivity index (χ3v) is 3.47. The van der Waals surface area contributed by atoms with E-state index in [1.807, 2.05) is 4.90 Å². The first-order valence-corrected chi connectivity index (χ1v) is 6.09. The number of carbonyl (C=O) groups is 2. The summed E-state index contributed by atoms with van der Waals surface area (Å²) in [5, 5.41) is 3.85. The molecule has 1 aromatic rings. The van der Waals surface area contributed by atoms with Crippen molar-refractivity contribution in [2.24, 2.45) is 0 Å². The first-order chi connectivity index (χ1) is 8.26. The fourth-order valence-electron chi connectivity index (χ4n) is 1.75. The van der Waals surface area contributed by atoms with Gasteiger partial charge in [0, 0.05) is 19.6 Å². The van der Waals surface area contributed by atoms with Gasteiger partial charge in [-0.15, -0.1) is 11.3 Å². The molecule has 1 saturated heterocycles. The van der Waals surface area contributed by atoms with E-state index in [4.69, 9.17) is 0 Å². The van der Waals surface area contributed by atoms with Crippen LogP contribution in [-0.4, -0.2) is 50.0 Å². The van der Waals surface area contributed by atoms with E-state index in [-0.39, 0.29) is 6.04 Å². The molecule has 1 aliphatic heterocycles. The van der Waals surface area contributed by atoms with E-state index in [1.165, 1.54) is 18.4 Å². The van der Waals surface area contributed by atoms with Crippen molar-refractivity contribution >= 4 is 28.6 Å².